The molecule has 0 aliphatic carbocycles. The lowest BCUT2D eigenvalue weighted by Gasteiger charge is -2.04. The standard InChI is InChI=1S/C11H11IN2OS/c1-8-3-2-4-9(7-8)15-6-5-10-13-14-11(12)16-10/h2-4,7H,5-6H2,1H3. The largest absolute Gasteiger partial charge is 0.493 e. The average molecular weight is 346 g/mol. The Bertz CT molecular complexity index is 473. The average Bonchev–Trinajstić information content (AvgIpc) is 2.64. The normalized spacial score (nSPS) is 10.4. The van der Waals surface area contributed by atoms with Gasteiger partial charge in [-0.25, -0.2) is 0 Å². The van der Waals surface area contributed by atoms with Crippen molar-refractivity contribution in [3.8, 4) is 5.75 Å². The van der Waals surface area contributed by atoms with E-state index in [2.05, 4.69) is 45.8 Å². The third kappa shape index (κ3) is 3.41. The van der Waals surface area contributed by atoms with Crippen molar-refractivity contribution >= 4 is 33.9 Å². The summed E-state index contributed by atoms with van der Waals surface area (Å²) in [6.07, 6.45) is 0.814. The summed E-state index contributed by atoms with van der Waals surface area (Å²) < 4.78 is 6.61. The minimum absolute atomic E-state index is 0.648. The summed E-state index contributed by atoms with van der Waals surface area (Å²) in [5.74, 6) is 0.916. The topological polar surface area (TPSA) is 35.0 Å². The first-order valence-corrected chi connectivity index (χ1v) is 6.81. The van der Waals surface area contributed by atoms with Crippen LogP contribution in [0.15, 0.2) is 24.3 Å². The molecule has 0 fully saturated rings. The van der Waals surface area contributed by atoms with Gasteiger partial charge < -0.3 is 4.74 Å². The number of benzene rings is 1. The molecule has 0 atom stereocenters. The molecule has 0 unspecified atom stereocenters. The van der Waals surface area contributed by atoms with Crippen LogP contribution in [0.1, 0.15) is 10.6 Å². The quantitative estimate of drug-likeness (QED) is 0.798. The molecule has 84 valence electrons. The van der Waals surface area contributed by atoms with Crippen LogP contribution in [0.5, 0.6) is 5.75 Å². The molecule has 0 saturated heterocycles. The third-order valence-electron chi connectivity index (χ3n) is 2.02. The first-order chi connectivity index (χ1) is 7.74. The highest BCUT2D eigenvalue weighted by Gasteiger charge is 2.01. The van der Waals surface area contributed by atoms with Crippen molar-refractivity contribution in [3.63, 3.8) is 0 Å². The molecule has 2 aromatic rings. The number of rotatable bonds is 4. The highest BCUT2D eigenvalue weighted by Crippen LogP contribution is 2.15. The highest BCUT2D eigenvalue weighted by molar-refractivity contribution is 14.1. The molecule has 0 N–H and O–H groups in total. The number of halogens is 1. The number of aromatic nitrogens is 2. The Kier molecular flexibility index (Phi) is 4.11. The van der Waals surface area contributed by atoms with Gasteiger partial charge in [0.25, 0.3) is 0 Å². The molecule has 0 spiro atoms. The molecule has 1 aromatic carbocycles. The summed E-state index contributed by atoms with van der Waals surface area (Å²) in [6, 6.07) is 8.05. The van der Waals surface area contributed by atoms with Crippen LogP contribution in [0, 0.1) is 9.94 Å². The van der Waals surface area contributed by atoms with Gasteiger partial charge in [0.2, 0.25) is 0 Å². The van der Waals surface area contributed by atoms with Crippen LogP contribution in [0.25, 0.3) is 0 Å². The maximum Gasteiger partial charge on any atom is 0.178 e. The van der Waals surface area contributed by atoms with Gasteiger partial charge >= 0.3 is 0 Å². The fourth-order valence-electron chi connectivity index (χ4n) is 1.30. The first kappa shape index (κ1) is 11.8. The maximum absolute atomic E-state index is 5.64. The molecule has 0 amide bonds. The minimum Gasteiger partial charge on any atom is -0.493 e. The van der Waals surface area contributed by atoms with E-state index < -0.39 is 0 Å². The van der Waals surface area contributed by atoms with E-state index in [1.165, 1.54) is 5.56 Å². The SMILES string of the molecule is Cc1cccc(OCCc2nnc(I)s2)c1. The van der Waals surface area contributed by atoms with Crippen molar-refractivity contribution in [1.29, 1.82) is 0 Å². The molecular weight excluding hydrogens is 335 g/mol. The first-order valence-electron chi connectivity index (χ1n) is 4.91. The lowest BCUT2D eigenvalue weighted by molar-refractivity contribution is 0.321. The number of hydrogen-bond acceptors (Lipinski definition) is 4. The van der Waals surface area contributed by atoms with Crippen molar-refractivity contribution in [2.45, 2.75) is 13.3 Å². The smallest absolute Gasteiger partial charge is 0.178 e. The van der Waals surface area contributed by atoms with E-state index in [1.54, 1.807) is 11.3 Å². The second-order valence-corrected chi connectivity index (χ2v) is 6.18. The zero-order valence-corrected chi connectivity index (χ0v) is 11.8. The fourth-order valence-corrected chi connectivity index (χ4v) is 2.71. The predicted octanol–water partition coefficient (Wildman–Crippen LogP) is 3.07. The molecule has 5 heteroatoms. The Morgan fingerprint density at radius 2 is 2.25 bits per heavy atom. The van der Waals surface area contributed by atoms with Gasteiger partial charge in [-0.3, -0.25) is 0 Å². The molecule has 0 saturated carbocycles. The molecule has 1 aromatic heterocycles. The zero-order chi connectivity index (χ0) is 11.4. The Balaban J connectivity index is 1.84. The van der Waals surface area contributed by atoms with E-state index in [1.807, 2.05) is 18.2 Å². The summed E-state index contributed by atoms with van der Waals surface area (Å²) in [4.78, 5) is 0. The molecule has 0 aliphatic heterocycles. The summed E-state index contributed by atoms with van der Waals surface area (Å²) in [6.45, 7) is 2.70. The molecule has 3 nitrogen and oxygen atoms in total. The van der Waals surface area contributed by atoms with Gasteiger partial charge in [0, 0.05) is 6.42 Å². The lowest BCUT2D eigenvalue weighted by Crippen LogP contribution is -2.01. The summed E-state index contributed by atoms with van der Waals surface area (Å²) >= 11 is 3.78. The van der Waals surface area contributed by atoms with Crippen molar-refractivity contribution in [2.24, 2.45) is 0 Å². The molecule has 0 radical (unpaired) electrons. The monoisotopic (exact) mass is 346 g/mol. The van der Waals surface area contributed by atoms with Gasteiger partial charge in [-0.15, -0.1) is 10.2 Å². The van der Waals surface area contributed by atoms with Gasteiger partial charge in [-0.1, -0.05) is 23.5 Å². The highest BCUT2D eigenvalue weighted by atomic mass is 127. The molecule has 2 rings (SSSR count). The van der Waals surface area contributed by atoms with Crippen LogP contribution in [0.3, 0.4) is 0 Å². The van der Waals surface area contributed by atoms with Crippen molar-refractivity contribution in [1.82, 2.24) is 10.2 Å². The Morgan fingerprint density at radius 1 is 1.38 bits per heavy atom. The number of hydrogen-bond donors (Lipinski definition) is 0. The van der Waals surface area contributed by atoms with Crippen LogP contribution in [-0.4, -0.2) is 16.8 Å². The second-order valence-electron chi connectivity index (χ2n) is 3.36. The van der Waals surface area contributed by atoms with E-state index >= 15 is 0 Å². The van der Waals surface area contributed by atoms with Gasteiger partial charge in [0.05, 0.1) is 6.61 Å². The van der Waals surface area contributed by atoms with Crippen LogP contribution in [0.4, 0.5) is 0 Å². The predicted molar refractivity (Wildman–Crippen MR) is 73.0 cm³/mol. The summed E-state index contributed by atoms with van der Waals surface area (Å²) in [5, 5.41) is 9.03. The van der Waals surface area contributed by atoms with E-state index in [9.17, 15) is 0 Å². The van der Waals surface area contributed by atoms with E-state index in [-0.39, 0.29) is 0 Å². The van der Waals surface area contributed by atoms with Crippen molar-refractivity contribution in [2.75, 3.05) is 6.61 Å². The van der Waals surface area contributed by atoms with E-state index in [4.69, 9.17) is 4.74 Å². The molecule has 1 heterocycles. The zero-order valence-electron chi connectivity index (χ0n) is 8.81. The lowest BCUT2D eigenvalue weighted by atomic mass is 10.2. The van der Waals surface area contributed by atoms with Gasteiger partial charge in [-0.2, -0.15) is 0 Å². The number of aryl methyl sites for hydroxylation is 1. The maximum atomic E-state index is 5.64. The number of nitrogens with zero attached hydrogens (tertiary/aromatic N) is 2. The van der Waals surface area contributed by atoms with Crippen LogP contribution in [0.2, 0.25) is 0 Å². The van der Waals surface area contributed by atoms with Crippen LogP contribution in [-0.2, 0) is 6.42 Å². The minimum atomic E-state index is 0.648. The van der Waals surface area contributed by atoms with E-state index in [0.717, 1.165) is 20.2 Å². The van der Waals surface area contributed by atoms with Crippen LogP contribution >= 0.6 is 33.9 Å². The fraction of sp³-hybridized carbons (Fsp3) is 0.273. The van der Waals surface area contributed by atoms with Crippen molar-refractivity contribution in [3.05, 3.63) is 37.9 Å². The van der Waals surface area contributed by atoms with E-state index in [0.29, 0.717) is 6.61 Å². The van der Waals surface area contributed by atoms with Crippen molar-refractivity contribution < 1.29 is 4.74 Å². The Morgan fingerprint density at radius 3 is 2.94 bits per heavy atom. The van der Waals surface area contributed by atoms with Gasteiger partial charge in [0.15, 0.2) is 3.01 Å². The molecular formula is C11H11IN2OS. The summed E-state index contributed by atoms with van der Waals surface area (Å²) in [5.41, 5.74) is 1.21. The van der Waals surface area contributed by atoms with Crippen LogP contribution < -0.4 is 4.74 Å². The van der Waals surface area contributed by atoms with Gasteiger partial charge in [-0.05, 0) is 47.2 Å². The molecule has 0 aliphatic rings. The Hall–Kier alpha value is -0.690. The third-order valence-corrected chi connectivity index (χ3v) is 3.66. The Labute approximate surface area is 112 Å². The summed E-state index contributed by atoms with van der Waals surface area (Å²) in [7, 11) is 0. The molecule has 16 heavy (non-hydrogen) atoms. The van der Waals surface area contributed by atoms with Gasteiger partial charge in [0.1, 0.15) is 10.8 Å². The second kappa shape index (κ2) is 5.58. The number of ether oxygens (including phenoxy) is 1. The molecule has 0 bridgehead atoms.